The van der Waals surface area contributed by atoms with Crippen molar-refractivity contribution in [3.05, 3.63) is 64.7 Å². The minimum atomic E-state index is 0.797. The van der Waals surface area contributed by atoms with Gasteiger partial charge >= 0.3 is 0 Å². The molecule has 0 unspecified atom stereocenters. The van der Waals surface area contributed by atoms with Crippen molar-refractivity contribution in [2.45, 2.75) is 13.0 Å². The minimum Gasteiger partial charge on any atom is -0.497 e. The van der Waals surface area contributed by atoms with Gasteiger partial charge in [0.25, 0.3) is 0 Å². The van der Waals surface area contributed by atoms with Crippen molar-refractivity contribution in [3.8, 4) is 5.75 Å². The molecule has 0 radical (unpaired) electrons. The average molecular weight is 277 g/mol. The number of hydrogen-bond acceptors (Lipinski definition) is 1. The molecule has 0 amide bonds. The molecule has 2 rings (SSSR count). The Morgan fingerprint density at radius 3 is 2.21 bits per heavy atom. The van der Waals surface area contributed by atoms with Crippen LogP contribution in [0.15, 0.2) is 48.5 Å². The molecule has 0 aliphatic rings. The van der Waals surface area contributed by atoms with E-state index in [0.29, 0.717) is 0 Å². The highest BCUT2D eigenvalue weighted by Gasteiger charge is 1.98. The van der Waals surface area contributed by atoms with E-state index in [2.05, 4.69) is 29.6 Å². The average Bonchev–Trinajstić information content (AvgIpc) is 2.46. The third-order valence-electron chi connectivity index (χ3n) is 3.09. The van der Waals surface area contributed by atoms with Crippen molar-refractivity contribution in [2.24, 2.45) is 0 Å². The largest absolute Gasteiger partial charge is 0.497 e. The first-order valence-electron chi connectivity index (χ1n) is 6.47. The first-order valence-corrected chi connectivity index (χ1v) is 6.85. The van der Waals surface area contributed by atoms with Crippen LogP contribution in [0, 0.1) is 0 Å². The van der Waals surface area contributed by atoms with Crippen molar-refractivity contribution >= 4 is 11.6 Å². The van der Waals surface area contributed by atoms with Crippen molar-refractivity contribution in [2.75, 3.05) is 13.7 Å². The summed E-state index contributed by atoms with van der Waals surface area (Å²) in [5.41, 5.74) is 2.65. The molecule has 0 saturated carbocycles. The van der Waals surface area contributed by atoms with Crippen LogP contribution in [0.4, 0.5) is 0 Å². The van der Waals surface area contributed by atoms with Gasteiger partial charge in [-0.1, -0.05) is 23.7 Å². The van der Waals surface area contributed by atoms with E-state index in [1.165, 1.54) is 11.1 Å². The molecule has 0 bridgehead atoms. The number of rotatable bonds is 6. The Morgan fingerprint density at radius 2 is 1.58 bits per heavy atom. The van der Waals surface area contributed by atoms with Gasteiger partial charge in [0.1, 0.15) is 12.3 Å². The SMILES string of the molecule is COc1ccc(C[NH2+]CCc2ccc(Cl)cc2)cc1. The summed E-state index contributed by atoms with van der Waals surface area (Å²) in [5, 5.41) is 3.11. The topological polar surface area (TPSA) is 25.8 Å². The van der Waals surface area contributed by atoms with Gasteiger partial charge in [-0.25, -0.2) is 0 Å². The van der Waals surface area contributed by atoms with E-state index in [4.69, 9.17) is 16.3 Å². The van der Waals surface area contributed by atoms with Crippen LogP contribution in [0.5, 0.6) is 5.75 Å². The van der Waals surface area contributed by atoms with Gasteiger partial charge in [-0.15, -0.1) is 0 Å². The maximum absolute atomic E-state index is 5.86. The second-order valence-corrected chi connectivity index (χ2v) is 4.94. The van der Waals surface area contributed by atoms with Crippen molar-refractivity contribution in [3.63, 3.8) is 0 Å². The Bertz CT molecular complexity index is 493. The summed E-state index contributed by atoms with van der Waals surface area (Å²) in [6, 6.07) is 16.3. The van der Waals surface area contributed by atoms with Gasteiger partial charge < -0.3 is 10.1 Å². The first-order chi connectivity index (χ1) is 9.28. The van der Waals surface area contributed by atoms with Crippen LogP contribution in [0.1, 0.15) is 11.1 Å². The van der Waals surface area contributed by atoms with Gasteiger partial charge in [-0.2, -0.15) is 0 Å². The third kappa shape index (κ3) is 4.58. The number of hydrogen-bond donors (Lipinski definition) is 1. The molecule has 2 aromatic rings. The number of halogens is 1. The Kier molecular flexibility index (Phi) is 5.25. The second-order valence-electron chi connectivity index (χ2n) is 4.51. The van der Waals surface area contributed by atoms with E-state index in [1.807, 2.05) is 24.3 Å². The molecule has 0 aliphatic heterocycles. The quantitative estimate of drug-likeness (QED) is 0.807. The van der Waals surface area contributed by atoms with Gasteiger partial charge in [0.15, 0.2) is 0 Å². The fraction of sp³-hybridized carbons (Fsp3) is 0.250. The van der Waals surface area contributed by atoms with Crippen molar-refractivity contribution in [1.29, 1.82) is 0 Å². The zero-order valence-corrected chi connectivity index (χ0v) is 11.9. The Hall–Kier alpha value is -1.51. The summed E-state index contributed by atoms with van der Waals surface area (Å²) in [6.07, 6.45) is 1.06. The highest BCUT2D eigenvalue weighted by Crippen LogP contribution is 2.10. The molecular formula is C16H19ClNO+. The van der Waals surface area contributed by atoms with E-state index in [-0.39, 0.29) is 0 Å². The predicted molar refractivity (Wildman–Crippen MR) is 78.6 cm³/mol. The summed E-state index contributed by atoms with van der Waals surface area (Å²) in [4.78, 5) is 0. The lowest BCUT2D eigenvalue weighted by molar-refractivity contribution is -0.670. The molecule has 0 heterocycles. The molecule has 0 saturated heterocycles. The molecule has 0 atom stereocenters. The second kappa shape index (κ2) is 7.17. The van der Waals surface area contributed by atoms with E-state index in [9.17, 15) is 0 Å². The van der Waals surface area contributed by atoms with Crippen LogP contribution in [-0.4, -0.2) is 13.7 Å². The number of quaternary nitrogens is 1. The summed E-state index contributed by atoms with van der Waals surface area (Å²) >= 11 is 5.86. The van der Waals surface area contributed by atoms with Gasteiger partial charge in [-0.3, -0.25) is 0 Å². The van der Waals surface area contributed by atoms with Gasteiger partial charge in [-0.05, 0) is 42.0 Å². The van der Waals surface area contributed by atoms with Crippen molar-refractivity contribution < 1.29 is 10.1 Å². The summed E-state index contributed by atoms with van der Waals surface area (Å²) < 4.78 is 5.14. The molecular weight excluding hydrogens is 258 g/mol. The van der Waals surface area contributed by atoms with Crippen LogP contribution < -0.4 is 10.1 Å². The summed E-state index contributed by atoms with van der Waals surface area (Å²) in [7, 11) is 1.69. The molecule has 0 spiro atoms. The van der Waals surface area contributed by atoms with Gasteiger partial charge in [0, 0.05) is 17.0 Å². The number of nitrogens with two attached hydrogens (primary N) is 1. The molecule has 100 valence electrons. The lowest BCUT2D eigenvalue weighted by Gasteiger charge is -2.04. The Labute approximate surface area is 119 Å². The highest BCUT2D eigenvalue weighted by atomic mass is 35.5. The van der Waals surface area contributed by atoms with Crippen LogP contribution in [0.3, 0.4) is 0 Å². The molecule has 0 aliphatic carbocycles. The van der Waals surface area contributed by atoms with Gasteiger partial charge in [0.2, 0.25) is 0 Å². The smallest absolute Gasteiger partial charge is 0.118 e. The molecule has 0 aromatic heterocycles. The van der Waals surface area contributed by atoms with E-state index < -0.39 is 0 Å². The Balaban J connectivity index is 1.72. The molecule has 19 heavy (non-hydrogen) atoms. The predicted octanol–water partition coefficient (Wildman–Crippen LogP) is 2.65. The number of benzene rings is 2. The van der Waals surface area contributed by atoms with Gasteiger partial charge in [0.05, 0.1) is 13.7 Å². The maximum atomic E-state index is 5.86. The minimum absolute atomic E-state index is 0.797. The third-order valence-corrected chi connectivity index (χ3v) is 3.34. The number of ether oxygens (including phenoxy) is 1. The lowest BCUT2D eigenvalue weighted by Crippen LogP contribution is -2.83. The van der Waals surface area contributed by atoms with Crippen LogP contribution in [0.25, 0.3) is 0 Å². The van der Waals surface area contributed by atoms with E-state index in [1.54, 1.807) is 7.11 Å². The van der Waals surface area contributed by atoms with Crippen LogP contribution >= 0.6 is 11.6 Å². The fourth-order valence-electron chi connectivity index (χ4n) is 1.95. The molecule has 0 fully saturated rings. The Morgan fingerprint density at radius 1 is 0.947 bits per heavy atom. The summed E-state index contributed by atoms with van der Waals surface area (Å²) in [6.45, 7) is 2.07. The van der Waals surface area contributed by atoms with E-state index in [0.717, 1.165) is 30.3 Å². The molecule has 2 N–H and O–H groups in total. The van der Waals surface area contributed by atoms with Crippen molar-refractivity contribution in [1.82, 2.24) is 0 Å². The van der Waals surface area contributed by atoms with Crippen LogP contribution in [-0.2, 0) is 13.0 Å². The first kappa shape index (κ1) is 13.9. The zero-order chi connectivity index (χ0) is 13.5. The zero-order valence-electron chi connectivity index (χ0n) is 11.1. The summed E-state index contributed by atoms with van der Waals surface area (Å²) in [5.74, 6) is 0.907. The fourth-order valence-corrected chi connectivity index (χ4v) is 2.08. The normalized spacial score (nSPS) is 10.4. The monoisotopic (exact) mass is 276 g/mol. The molecule has 2 nitrogen and oxygen atoms in total. The highest BCUT2D eigenvalue weighted by molar-refractivity contribution is 6.30. The molecule has 2 aromatic carbocycles. The van der Waals surface area contributed by atoms with E-state index >= 15 is 0 Å². The number of methoxy groups -OCH3 is 1. The standard InChI is InChI=1S/C16H18ClNO/c1-19-16-8-4-14(5-9-16)12-18-11-10-13-2-6-15(17)7-3-13/h2-9,18H,10-12H2,1H3/p+1. The lowest BCUT2D eigenvalue weighted by atomic mass is 10.1. The molecule has 3 heteroatoms. The van der Waals surface area contributed by atoms with Crippen LogP contribution in [0.2, 0.25) is 5.02 Å². The maximum Gasteiger partial charge on any atom is 0.118 e.